The lowest BCUT2D eigenvalue weighted by Gasteiger charge is -2.26. The summed E-state index contributed by atoms with van der Waals surface area (Å²) in [6, 6.07) is 1.82. The molecule has 0 bridgehead atoms. The summed E-state index contributed by atoms with van der Waals surface area (Å²) in [5.41, 5.74) is 0.0187. The van der Waals surface area contributed by atoms with E-state index in [4.69, 9.17) is 9.15 Å². The van der Waals surface area contributed by atoms with E-state index in [9.17, 15) is 9.59 Å². The lowest BCUT2D eigenvalue weighted by Crippen LogP contribution is -2.39. The van der Waals surface area contributed by atoms with Crippen LogP contribution in [0.1, 0.15) is 33.0 Å². The molecule has 1 aliphatic rings. The van der Waals surface area contributed by atoms with Gasteiger partial charge in [-0.15, -0.1) is 0 Å². The number of halogens is 1. The summed E-state index contributed by atoms with van der Waals surface area (Å²) in [6.45, 7) is 9.10. The number of rotatable bonds is 2. The van der Waals surface area contributed by atoms with Crippen LogP contribution in [0.15, 0.2) is 25.9 Å². The number of amides is 1. The third-order valence-corrected chi connectivity index (χ3v) is 5.04. The molecule has 0 radical (unpaired) electrons. The fourth-order valence-electron chi connectivity index (χ4n) is 3.19. The first-order chi connectivity index (χ1) is 12.6. The highest BCUT2D eigenvalue weighted by Crippen LogP contribution is 2.25. The number of fused-ring (bicyclic) bond motifs is 1. The monoisotopic (exact) mass is 439 g/mol. The molecule has 2 aromatic heterocycles. The highest BCUT2D eigenvalue weighted by Gasteiger charge is 2.25. The molecule has 7 nitrogen and oxygen atoms in total. The van der Waals surface area contributed by atoms with Gasteiger partial charge in [-0.1, -0.05) is 0 Å². The van der Waals surface area contributed by atoms with Crippen molar-refractivity contribution in [2.45, 2.75) is 39.3 Å². The first-order valence-corrected chi connectivity index (χ1v) is 9.91. The number of hydrogen-bond donors (Lipinski definition) is 0. The molecule has 1 fully saturated rings. The predicted octanol–water partition coefficient (Wildman–Crippen LogP) is 3.34. The first-order valence-electron chi connectivity index (χ1n) is 9.12. The molecular weight excluding hydrogens is 414 g/mol. The smallest absolute Gasteiger partial charge is 0.410 e. The zero-order chi connectivity index (χ0) is 19.8. The van der Waals surface area contributed by atoms with Gasteiger partial charge in [0.15, 0.2) is 5.58 Å². The second-order valence-corrected chi connectivity index (χ2v) is 8.80. The molecule has 0 atom stereocenters. The molecule has 0 unspecified atom stereocenters. The molecule has 1 saturated heterocycles. The zero-order valence-corrected chi connectivity index (χ0v) is 17.8. The van der Waals surface area contributed by atoms with Crippen LogP contribution in [0.4, 0.5) is 4.79 Å². The van der Waals surface area contributed by atoms with Crippen molar-refractivity contribution in [1.82, 2.24) is 14.4 Å². The maximum Gasteiger partial charge on any atom is 0.410 e. The molecule has 3 rings (SSSR count). The van der Waals surface area contributed by atoms with Crippen LogP contribution < -0.4 is 5.56 Å². The van der Waals surface area contributed by atoms with Crippen LogP contribution in [0.5, 0.6) is 0 Å². The number of pyridine rings is 1. The fourth-order valence-corrected chi connectivity index (χ4v) is 3.79. The van der Waals surface area contributed by atoms with Gasteiger partial charge < -0.3 is 18.6 Å². The van der Waals surface area contributed by atoms with Gasteiger partial charge >= 0.3 is 6.09 Å². The Morgan fingerprint density at radius 1 is 1.26 bits per heavy atom. The summed E-state index contributed by atoms with van der Waals surface area (Å²) in [5, 5.41) is 0.576. The van der Waals surface area contributed by atoms with Crippen LogP contribution in [0.3, 0.4) is 0 Å². The van der Waals surface area contributed by atoms with E-state index < -0.39 is 5.60 Å². The van der Waals surface area contributed by atoms with Gasteiger partial charge in [-0.2, -0.15) is 0 Å². The quantitative estimate of drug-likeness (QED) is 0.717. The lowest BCUT2D eigenvalue weighted by molar-refractivity contribution is 0.0257. The third kappa shape index (κ3) is 4.73. The second kappa shape index (κ2) is 7.67. The average molecular weight is 440 g/mol. The first kappa shape index (κ1) is 19.9. The number of aromatic nitrogens is 1. The summed E-state index contributed by atoms with van der Waals surface area (Å²) in [6.07, 6.45) is 2.31. The van der Waals surface area contributed by atoms with Gasteiger partial charge in [-0.25, -0.2) is 4.79 Å². The van der Waals surface area contributed by atoms with Crippen LogP contribution >= 0.6 is 15.9 Å². The average Bonchev–Trinajstić information content (AvgIpc) is 2.84. The molecule has 1 aliphatic heterocycles. The summed E-state index contributed by atoms with van der Waals surface area (Å²) in [5.74, 6) is 0.750. The molecule has 148 valence electrons. The van der Waals surface area contributed by atoms with Crippen molar-refractivity contribution < 1.29 is 13.9 Å². The molecule has 0 aliphatic carbocycles. The van der Waals surface area contributed by atoms with Crippen molar-refractivity contribution in [3.05, 3.63) is 32.8 Å². The minimum Gasteiger partial charge on any atom is -0.458 e. The minimum atomic E-state index is -0.489. The van der Waals surface area contributed by atoms with E-state index >= 15 is 0 Å². The number of carbonyl (C=O) groups is 1. The van der Waals surface area contributed by atoms with Crippen LogP contribution in [-0.2, 0) is 18.3 Å². The van der Waals surface area contributed by atoms with Crippen LogP contribution in [0.25, 0.3) is 11.0 Å². The van der Waals surface area contributed by atoms with Gasteiger partial charge in [0.1, 0.15) is 11.4 Å². The Labute approximate surface area is 167 Å². The van der Waals surface area contributed by atoms with Gasteiger partial charge in [0.2, 0.25) is 0 Å². The summed E-state index contributed by atoms with van der Waals surface area (Å²) in [4.78, 5) is 28.6. The highest BCUT2D eigenvalue weighted by atomic mass is 79.9. The van der Waals surface area contributed by atoms with Gasteiger partial charge in [-0.3, -0.25) is 9.69 Å². The van der Waals surface area contributed by atoms with Crippen LogP contribution in [0.2, 0.25) is 0 Å². The van der Waals surface area contributed by atoms with Gasteiger partial charge in [0.05, 0.1) is 16.4 Å². The zero-order valence-electron chi connectivity index (χ0n) is 16.2. The molecular formula is C19H26BrN3O4. The molecule has 0 spiro atoms. The Morgan fingerprint density at radius 3 is 2.70 bits per heavy atom. The SMILES string of the molecule is Cn1cc(Br)c2oc(CN3CCCN(C(=O)OC(C)(C)C)CC3)cc2c1=O. The van der Waals surface area contributed by atoms with Crippen molar-refractivity contribution in [2.24, 2.45) is 7.05 Å². The van der Waals surface area contributed by atoms with Crippen LogP contribution in [0, 0.1) is 0 Å². The van der Waals surface area contributed by atoms with Gasteiger partial charge in [0, 0.05) is 39.4 Å². The Balaban J connectivity index is 1.68. The topological polar surface area (TPSA) is 67.9 Å². The number of furan rings is 1. The molecule has 27 heavy (non-hydrogen) atoms. The van der Waals surface area contributed by atoms with Crippen molar-refractivity contribution in [3.63, 3.8) is 0 Å². The van der Waals surface area contributed by atoms with E-state index in [0.717, 1.165) is 29.7 Å². The van der Waals surface area contributed by atoms with Crippen molar-refractivity contribution in [2.75, 3.05) is 26.2 Å². The maximum absolute atomic E-state index is 12.3. The van der Waals surface area contributed by atoms with Gasteiger partial charge in [-0.05, 0) is 49.2 Å². The molecule has 3 heterocycles. The molecule has 0 saturated carbocycles. The molecule has 8 heteroatoms. The van der Waals surface area contributed by atoms with Crippen molar-refractivity contribution in [1.29, 1.82) is 0 Å². The molecule has 0 aromatic carbocycles. The third-order valence-electron chi connectivity index (χ3n) is 4.48. The summed E-state index contributed by atoms with van der Waals surface area (Å²) in [7, 11) is 1.72. The second-order valence-electron chi connectivity index (χ2n) is 7.95. The van der Waals surface area contributed by atoms with E-state index in [2.05, 4.69) is 20.8 Å². The highest BCUT2D eigenvalue weighted by molar-refractivity contribution is 9.10. The normalized spacial score (nSPS) is 16.6. The molecule has 1 amide bonds. The molecule has 2 aromatic rings. The number of hydrogen-bond acceptors (Lipinski definition) is 5. The Hall–Kier alpha value is -1.80. The van der Waals surface area contributed by atoms with E-state index in [1.54, 1.807) is 18.1 Å². The molecule has 0 N–H and O–H groups in total. The largest absolute Gasteiger partial charge is 0.458 e. The van der Waals surface area contributed by atoms with Crippen molar-refractivity contribution >= 4 is 33.0 Å². The van der Waals surface area contributed by atoms with E-state index in [-0.39, 0.29) is 11.7 Å². The van der Waals surface area contributed by atoms with E-state index in [1.807, 2.05) is 26.8 Å². The Bertz CT molecular complexity index is 897. The van der Waals surface area contributed by atoms with Crippen molar-refractivity contribution in [3.8, 4) is 0 Å². The number of carbonyl (C=O) groups excluding carboxylic acids is 1. The standard InChI is InChI=1S/C19H26BrN3O4/c1-19(2,3)27-18(25)23-7-5-6-22(8-9-23)11-13-10-14-16(26-13)15(20)12-21(4)17(14)24/h10,12H,5-9,11H2,1-4H3. The fraction of sp³-hybridized carbons (Fsp3) is 0.579. The van der Waals surface area contributed by atoms with Crippen LogP contribution in [-0.4, -0.2) is 52.2 Å². The number of ether oxygens (including phenoxy) is 1. The maximum atomic E-state index is 12.3. The summed E-state index contributed by atoms with van der Waals surface area (Å²) >= 11 is 3.46. The Kier molecular flexibility index (Phi) is 5.67. The Morgan fingerprint density at radius 2 is 2.00 bits per heavy atom. The van der Waals surface area contributed by atoms with E-state index in [1.165, 1.54) is 4.57 Å². The van der Waals surface area contributed by atoms with E-state index in [0.29, 0.717) is 30.6 Å². The minimum absolute atomic E-state index is 0.0739. The lowest BCUT2D eigenvalue weighted by atomic mass is 10.2. The van der Waals surface area contributed by atoms with Gasteiger partial charge in [0.25, 0.3) is 5.56 Å². The number of aryl methyl sites for hydroxylation is 1. The summed E-state index contributed by atoms with van der Waals surface area (Å²) < 4.78 is 13.7. The predicted molar refractivity (Wildman–Crippen MR) is 107 cm³/mol. The number of nitrogens with zero attached hydrogens (tertiary/aromatic N) is 3.